The number of hydrogen-bond acceptors (Lipinski definition) is 1. The molecule has 2 aromatic carbocycles. The Kier molecular flexibility index (Phi) is 5.21. The third-order valence-corrected chi connectivity index (χ3v) is 9.03. The van der Waals surface area contributed by atoms with Crippen molar-refractivity contribution in [3.8, 4) is 11.4 Å². The molecule has 0 amide bonds. The van der Waals surface area contributed by atoms with Crippen LogP contribution in [-0.2, 0) is 6.42 Å². The maximum Gasteiger partial charge on any atom is 0.133 e. The lowest BCUT2D eigenvalue weighted by atomic mass is 9.88. The predicted octanol–water partition coefficient (Wildman–Crippen LogP) is 9.25. The van der Waals surface area contributed by atoms with Crippen LogP contribution in [0.5, 0.6) is 5.75 Å². The zero-order valence-corrected chi connectivity index (χ0v) is 21.8. The summed E-state index contributed by atoms with van der Waals surface area (Å²) in [6.07, 6.45) is 32.1. The summed E-state index contributed by atoms with van der Waals surface area (Å²) in [5.41, 5.74) is 12.3. The monoisotopic (exact) mass is 495 g/mol. The van der Waals surface area contributed by atoms with Crippen molar-refractivity contribution in [2.75, 3.05) is 0 Å². The van der Waals surface area contributed by atoms with Gasteiger partial charge in [0.25, 0.3) is 0 Å². The van der Waals surface area contributed by atoms with Gasteiger partial charge in [0.15, 0.2) is 0 Å². The minimum Gasteiger partial charge on any atom is -0.488 e. The van der Waals surface area contributed by atoms with Crippen LogP contribution in [0.2, 0.25) is 0 Å². The predicted molar refractivity (Wildman–Crippen MR) is 159 cm³/mol. The van der Waals surface area contributed by atoms with Crippen molar-refractivity contribution in [2.24, 2.45) is 0 Å². The number of aryl methyl sites for hydroxylation is 1. The summed E-state index contributed by atoms with van der Waals surface area (Å²) in [4.78, 5) is 0. The van der Waals surface area contributed by atoms with Crippen molar-refractivity contribution in [3.05, 3.63) is 113 Å². The second-order valence-electron chi connectivity index (χ2n) is 11.3. The van der Waals surface area contributed by atoms with Gasteiger partial charge < -0.3 is 9.30 Å². The van der Waals surface area contributed by atoms with Crippen molar-refractivity contribution in [1.29, 1.82) is 0 Å². The molecule has 0 spiro atoms. The Morgan fingerprint density at radius 2 is 1.53 bits per heavy atom. The Hall–Kier alpha value is -3.78. The number of ether oxygens (including phenoxy) is 1. The van der Waals surface area contributed by atoms with Gasteiger partial charge in [-0.1, -0.05) is 60.8 Å². The van der Waals surface area contributed by atoms with Gasteiger partial charge >= 0.3 is 0 Å². The Morgan fingerprint density at radius 1 is 0.763 bits per heavy atom. The summed E-state index contributed by atoms with van der Waals surface area (Å²) in [5.74, 6) is 1.54. The zero-order valence-electron chi connectivity index (χ0n) is 21.8. The normalized spacial score (nSPS) is 23.1. The average molecular weight is 496 g/mol. The number of aromatic nitrogens is 1. The van der Waals surface area contributed by atoms with E-state index < -0.39 is 0 Å². The summed E-state index contributed by atoms with van der Waals surface area (Å²) in [7, 11) is 0. The Labute approximate surface area is 225 Å². The van der Waals surface area contributed by atoms with Gasteiger partial charge in [-0.25, -0.2) is 0 Å². The summed E-state index contributed by atoms with van der Waals surface area (Å²) in [6, 6.07) is 12.0. The Bertz CT molecular complexity index is 1600. The molecular weight excluding hydrogens is 462 g/mol. The number of nitrogens with zero attached hydrogens (tertiary/aromatic N) is 1. The molecule has 1 aromatic heterocycles. The summed E-state index contributed by atoms with van der Waals surface area (Å²) in [6.45, 7) is 0. The quantitative estimate of drug-likeness (QED) is 0.330. The van der Waals surface area contributed by atoms with E-state index in [1.807, 2.05) is 0 Å². The minimum atomic E-state index is 0.284. The van der Waals surface area contributed by atoms with E-state index in [1.165, 1.54) is 55.7 Å². The van der Waals surface area contributed by atoms with Crippen LogP contribution in [0.3, 0.4) is 0 Å². The minimum absolute atomic E-state index is 0.284. The topological polar surface area (TPSA) is 14.2 Å². The van der Waals surface area contributed by atoms with Crippen LogP contribution >= 0.6 is 0 Å². The first-order valence-corrected chi connectivity index (χ1v) is 14.4. The van der Waals surface area contributed by atoms with E-state index in [0.29, 0.717) is 5.92 Å². The SMILES string of the molecule is C1=CCCC(c2cc(C3=CC=CCC3)cc(-n3c4c(c5c6c(ccc53)C3C=CCCC3O6)CCC=C4)c2)=C1. The molecule has 0 bridgehead atoms. The smallest absolute Gasteiger partial charge is 0.133 e. The lowest BCUT2D eigenvalue weighted by molar-refractivity contribution is 0.206. The molecule has 2 heteroatoms. The third-order valence-electron chi connectivity index (χ3n) is 9.03. The molecule has 2 heterocycles. The van der Waals surface area contributed by atoms with Gasteiger partial charge in [-0.2, -0.15) is 0 Å². The van der Waals surface area contributed by atoms with E-state index in [-0.39, 0.29) is 6.10 Å². The highest BCUT2D eigenvalue weighted by Gasteiger charge is 2.37. The molecule has 38 heavy (non-hydrogen) atoms. The molecule has 3 aromatic rings. The van der Waals surface area contributed by atoms with Crippen LogP contribution < -0.4 is 4.74 Å². The first-order valence-electron chi connectivity index (χ1n) is 14.4. The Morgan fingerprint density at radius 3 is 2.26 bits per heavy atom. The van der Waals surface area contributed by atoms with E-state index in [2.05, 4.69) is 95.7 Å². The van der Waals surface area contributed by atoms with Gasteiger partial charge in [0.1, 0.15) is 11.9 Å². The molecular formula is C36H33NO. The summed E-state index contributed by atoms with van der Waals surface area (Å²) in [5, 5.41) is 1.34. The maximum absolute atomic E-state index is 6.76. The highest BCUT2D eigenvalue weighted by molar-refractivity contribution is 5.97. The van der Waals surface area contributed by atoms with E-state index in [9.17, 15) is 0 Å². The molecule has 2 unspecified atom stereocenters. The fourth-order valence-corrected chi connectivity index (χ4v) is 7.17. The molecule has 2 nitrogen and oxygen atoms in total. The number of hydrogen-bond donors (Lipinski definition) is 0. The molecule has 1 aliphatic heterocycles. The first-order chi connectivity index (χ1) is 18.8. The number of allylic oxidation sites excluding steroid dienone is 10. The Balaban J connectivity index is 1.38. The van der Waals surface area contributed by atoms with E-state index in [4.69, 9.17) is 4.74 Å². The first kappa shape index (κ1) is 22.2. The molecule has 188 valence electrons. The van der Waals surface area contributed by atoms with E-state index in [1.54, 1.807) is 0 Å². The van der Waals surface area contributed by atoms with Gasteiger partial charge in [0, 0.05) is 28.2 Å². The lowest BCUT2D eigenvalue weighted by Crippen LogP contribution is -2.19. The van der Waals surface area contributed by atoms with Gasteiger partial charge in [-0.3, -0.25) is 0 Å². The highest BCUT2D eigenvalue weighted by atomic mass is 16.5. The molecule has 0 N–H and O–H groups in total. The van der Waals surface area contributed by atoms with Crippen LogP contribution in [-0.4, -0.2) is 10.7 Å². The lowest BCUT2D eigenvalue weighted by Gasteiger charge is -2.19. The summed E-state index contributed by atoms with van der Waals surface area (Å²) >= 11 is 0. The second kappa shape index (κ2) is 8.91. The zero-order chi connectivity index (χ0) is 25.1. The van der Waals surface area contributed by atoms with Crippen molar-refractivity contribution in [2.45, 2.75) is 63.4 Å². The number of fused-ring (bicyclic) bond motifs is 7. The van der Waals surface area contributed by atoms with Crippen molar-refractivity contribution in [1.82, 2.24) is 4.57 Å². The van der Waals surface area contributed by atoms with Gasteiger partial charge in [-0.05, 0) is 110 Å². The molecule has 0 saturated heterocycles. The fraction of sp³-hybridized carbons (Fsp3) is 0.278. The third kappa shape index (κ3) is 3.46. The molecule has 5 aliphatic rings. The molecule has 4 aliphatic carbocycles. The van der Waals surface area contributed by atoms with Crippen molar-refractivity contribution in [3.63, 3.8) is 0 Å². The van der Waals surface area contributed by atoms with Crippen LogP contribution in [0.25, 0.3) is 33.8 Å². The summed E-state index contributed by atoms with van der Waals surface area (Å²) < 4.78 is 9.28. The highest BCUT2D eigenvalue weighted by Crippen LogP contribution is 2.50. The standard InChI is InChI=1S/C36H33NO/c1-3-11-24(12-4-1)26-21-27(25-13-5-2-6-14-25)23-28(22-26)37-32-17-9-7-16-31(32)35-33(37)20-19-30-29-15-8-10-18-34(29)38-36(30)35/h1-3,5,8-9,11,13,15,17,19-23,29,34H,4,6-7,10,12,14,16,18H2. The van der Waals surface area contributed by atoms with Gasteiger partial charge in [0.05, 0.1) is 5.52 Å². The average Bonchev–Trinajstić information content (AvgIpc) is 3.53. The maximum atomic E-state index is 6.76. The molecule has 0 radical (unpaired) electrons. The van der Waals surface area contributed by atoms with Crippen molar-refractivity contribution < 1.29 is 4.74 Å². The number of rotatable bonds is 3. The van der Waals surface area contributed by atoms with Gasteiger partial charge in [-0.15, -0.1) is 0 Å². The van der Waals surface area contributed by atoms with Crippen LogP contribution in [0.15, 0.2) is 85.0 Å². The second-order valence-corrected chi connectivity index (χ2v) is 11.3. The molecule has 0 fully saturated rings. The number of benzene rings is 2. The fourth-order valence-electron chi connectivity index (χ4n) is 7.17. The molecule has 2 atom stereocenters. The largest absolute Gasteiger partial charge is 0.488 e. The van der Waals surface area contributed by atoms with Crippen LogP contribution in [0.1, 0.15) is 78.8 Å². The van der Waals surface area contributed by atoms with E-state index >= 15 is 0 Å². The molecule has 0 saturated carbocycles. The van der Waals surface area contributed by atoms with Gasteiger partial charge in [0.2, 0.25) is 0 Å². The van der Waals surface area contributed by atoms with Crippen LogP contribution in [0, 0.1) is 0 Å². The van der Waals surface area contributed by atoms with Crippen LogP contribution in [0.4, 0.5) is 0 Å². The van der Waals surface area contributed by atoms with Crippen molar-refractivity contribution >= 4 is 28.1 Å². The molecule has 8 rings (SSSR count). The van der Waals surface area contributed by atoms with E-state index in [0.717, 1.165) is 57.1 Å².